The standard InChI is InChI=1S/C10H14N2O4S/c1-11-7-9(10(13)14)12-17(15,16)8-5-3-2-4-6-8/h2-6,9,11-12H,7H2,1H3,(H,13,14). The van der Waals surface area contributed by atoms with Gasteiger partial charge >= 0.3 is 5.97 Å². The lowest BCUT2D eigenvalue weighted by Gasteiger charge is -2.14. The molecule has 7 heteroatoms. The molecule has 0 bridgehead atoms. The van der Waals surface area contributed by atoms with E-state index in [2.05, 4.69) is 10.0 Å². The average Bonchev–Trinajstić information content (AvgIpc) is 2.29. The van der Waals surface area contributed by atoms with Crippen LogP contribution in [0.2, 0.25) is 0 Å². The fourth-order valence-electron chi connectivity index (χ4n) is 1.24. The minimum atomic E-state index is -3.80. The van der Waals surface area contributed by atoms with Crippen LogP contribution in [-0.4, -0.2) is 39.1 Å². The number of likely N-dealkylation sites (N-methyl/N-ethyl adjacent to an activating group) is 1. The van der Waals surface area contributed by atoms with Crippen molar-refractivity contribution in [2.24, 2.45) is 0 Å². The summed E-state index contributed by atoms with van der Waals surface area (Å²) in [5.41, 5.74) is 0. The van der Waals surface area contributed by atoms with Gasteiger partial charge in [-0.25, -0.2) is 8.42 Å². The molecule has 0 heterocycles. The van der Waals surface area contributed by atoms with Crippen LogP contribution in [0.25, 0.3) is 0 Å². The lowest BCUT2D eigenvalue weighted by molar-refractivity contribution is -0.138. The monoisotopic (exact) mass is 258 g/mol. The van der Waals surface area contributed by atoms with Crippen molar-refractivity contribution >= 4 is 16.0 Å². The molecule has 94 valence electrons. The average molecular weight is 258 g/mol. The lowest BCUT2D eigenvalue weighted by Crippen LogP contribution is -2.46. The molecule has 0 amide bonds. The molecule has 0 spiro atoms. The normalized spacial score (nSPS) is 13.2. The van der Waals surface area contributed by atoms with E-state index in [4.69, 9.17) is 5.11 Å². The summed E-state index contributed by atoms with van der Waals surface area (Å²) in [6.45, 7) is 0.0153. The zero-order chi connectivity index (χ0) is 12.9. The smallest absolute Gasteiger partial charge is 0.323 e. The predicted molar refractivity (Wildman–Crippen MR) is 62.1 cm³/mol. The molecule has 1 rings (SSSR count). The van der Waals surface area contributed by atoms with Gasteiger partial charge in [0.15, 0.2) is 0 Å². The van der Waals surface area contributed by atoms with E-state index in [-0.39, 0.29) is 11.4 Å². The molecule has 0 saturated heterocycles. The Morgan fingerprint density at radius 2 is 1.94 bits per heavy atom. The molecule has 0 aromatic heterocycles. The fourth-order valence-corrected chi connectivity index (χ4v) is 2.45. The molecule has 1 atom stereocenters. The van der Waals surface area contributed by atoms with Crippen molar-refractivity contribution in [3.8, 4) is 0 Å². The number of carbonyl (C=O) groups is 1. The predicted octanol–water partition coefficient (Wildman–Crippen LogP) is -0.362. The molecule has 1 aromatic rings. The molecule has 0 radical (unpaired) electrons. The number of aliphatic carboxylic acids is 1. The maximum Gasteiger partial charge on any atom is 0.323 e. The van der Waals surface area contributed by atoms with Gasteiger partial charge in [0.05, 0.1) is 4.90 Å². The van der Waals surface area contributed by atoms with E-state index in [0.29, 0.717) is 0 Å². The number of hydrogen-bond acceptors (Lipinski definition) is 4. The zero-order valence-electron chi connectivity index (χ0n) is 9.25. The van der Waals surface area contributed by atoms with Gasteiger partial charge < -0.3 is 10.4 Å². The summed E-state index contributed by atoms with van der Waals surface area (Å²) >= 11 is 0. The van der Waals surface area contributed by atoms with Crippen molar-refractivity contribution in [1.82, 2.24) is 10.0 Å². The first-order valence-corrected chi connectivity index (χ1v) is 6.40. The van der Waals surface area contributed by atoms with Gasteiger partial charge in [-0.15, -0.1) is 0 Å². The minimum Gasteiger partial charge on any atom is -0.480 e. The van der Waals surface area contributed by atoms with Gasteiger partial charge in [0, 0.05) is 6.54 Å². The number of carboxylic acid groups (broad SMARTS) is 1. The second-order valence-electron chi connectivity index (χ2n) is 3.38. The van der Waals surface area contributed by atoms with Crippen LogP contribution in [0.3, 0.4) is 0 Å². The Labute approximate surface area is 99.7 Å². The zero-order valence-corrected chi connectivity index (χ0v) is 10.1. The molecule has 6 nitrogen and oxygen atoms in total. The van der Waals surface area contributed by atoms with Crippen molar-refractivity contribution in [2.75, 3.05) is 13.6 Å². The van der Waals surface area contributed by atoms with Crippen molar-refractivity contribution in [1.29, 1.82) is 0 Å². The van der Waals surface area contributed by atoms with Crippen LogP contribution in [0.1, 0.15) is 0 Å². The quantitative estimate of drug-likeness (QED) is 0.647. The van der Waals surface area contributed by atoms with E-state index in [1.54, 1.807) is 25.2 Å². The number of hydrogen-bond donors (Lipinski definition) is 3. The van der Waals surface area contributed by atoms with E-state index in [9.17, 15) is 13.2 Å². The summed E-state index contributed by atoms with van der Waals surface area (Å²) in [5.74, 6) is -1.22. The third kappa shape index (κ3) is 3.81. The number of sulfonamides is 1. The van der Waals surface area contributed by atoms with Gasteiger partial charge in [0.1, 0.15) is 6.04 Å². The topological polar surface area (TPSA) is 95.5 Å². The van der Waals surface area contributed by atoms with Gasteiger partial charge in [0.2, 0.25) is 10.0 Å². The van der Waals surface area contributed by atoms with Crippen molar-refractivity contribution < 1.29 is 18.3 Å². The molecule has 0 aliphatic carbocycles. The van der Waals surface area contributed by atoms with Crippen LogP contribution in [0.4, 0.5) is 0 Å². The largest absolute Gasteiger partial charge is 0.480 e. The maximum absolute atomic E-state index is 11.8. The molecule has 1 unspecified atom stereocenters. The highest BCUT2D eigenvalue weighted by molar-refractivity contribution is 7.89. The number of rotatable bonds is 6. The third-order valence-electron chi connectivity index (χ3n) is 2.06. The van der Waals surface area contributed by atoms with Crippen LogP contribution < -0.4 is 10.0 Å². The number of nitrogens with one attached hydrogen (secondary N) is 2. The molecular weight excluding hydrogens is 244 g/mol. The van der Waals surface area contributed by atoms with E-state index >= 15 is 0 Å². The molecule has 17 heavy (non-hydrogen) atoms. The summed E-state index contributed by atoms with van der Waals surface area (Å²) in [4.78, 5) is 10.9. The Balaban J connectivity index is 2.89. The van der Waals surface area contributed by atoms with E-state index < -0.39 is 22.0 Å². The van der Waals surface area contributed by atoms with Gasteiger partial charge in [-0.05, 0) is 19.2 Å². The molecule has 1 aromatic carbocycles. The highest BCUT2D eigenvalue weighted by Gasteiger charge is 2.24. The Bertz CT molecular complexity index is 472. The lowest BCUT2D eigenvalue weighted by atomic mass is 10.3. The summed E-state index contributed by atoms with van der Waals surface area (Å²) in [6, 6.07) is 6.44. The molecule has 0 aliphatic heterocycles. The van der Waals surface area contributed by atoms with E-state index in [1.807, 2.05) is 0 Å². The number of benzene rings is 1. The molecule has 0 fully saturated rings. The van der Waals surface area contributed by atoms with Gasteiger partial charge in [-0.1, -0.05) is 18.2 Å². The van der Waals surface area contributed by atoms with Crippen molar-refractivity contribution in [3.63, 3.8) is 0 Å². The molecule has 0 saturated carbocycles. The first kappa shape index (κ1) is 13.6. The number of carboxylic acids is 1. The molecule has 3 N–H and O–H groups in total. The van der Waals surface area contributed by atoms with Gasteiger partial charge in [0.25, 0.3) is 0 Å². The van der Waals surface area contributed by atoms with Gasteiger partial charge in [-0.3, -0.25) is 4.79 Å². The Hall–Kier alpha value is -1.44. The van der Waals surface area contributed by atoms with Crippen molar-refractivity contribution in [2.45, 2.75) is 10.9 Å². The molecular formula is C10H14N2O4S. The highest BCUT2D eigenvalue weighted by Crippen LogP contribution is 2.07. The summed E-state index contributed by atoms with van der Waals surface area (Å²) < 4.78 is 25.8. The fraction of sp³-hybridized carbons (Fsp3) is 0.300. The van der Waals surface area contributed by atoms with Crippen LogP contribution in [-0.2, 0) is 14.8 Å². The van der Waals surface area contributed by atoms with Crippen LogP contribution in [0.5, 0.6) is 0 Å². The highest BCUT2D eigenvalue weighted by atomic mass is 32.2. The van der Waals surface area contributed by atoms with Crippen molar-refractivity contribution in [3.05, 3.63) is 30.3 Å². The summed E-state index contributed by atoms with van der Waals surface area (Å²) in [5, 5.41) is 11.5. The first-order chi connectivity index (χ1) is 7.97. The SMILES string of the molecule is CNCC(NS(=O)(=O)c1ccccc1)C(=O)O. The first-order valence-electron chi connectivity index (χ1n) is 4.92. The second-order valence-corrected chi connectivity index (χ2v) is 5.10. The Kier molecular flexibility index (Phi) is 4.62. The summed E-state index contributed by atoms with van der Waals surface area (Å²) in [7, 11) is -2.25. The maximum atomic E-state index is 11.8. The van der Waals surface area contributed by atoms with Crippen LogP contribution >= 0.6 is 0 Å². The van der Waals surface area contributed by atoms with E-state index in [1.165, 1.54) is 12.1 Å². The van der Waals surface area contributed by atoms with Crippen LogP contribution in [0, 0.1) is 0 Å². The van der Waals surface area contributed by atoms with Crippen LogP contribution in [0.15, 0.2) is 35.2 Å². The molecule has 0 aliphatic rings. The van der Waals surface area contributed by atoms with E-state index in [0.717, 1.165) is 0 Å². The minimum absolute atomic E-state index is 0.0153. The Morgan fingerprint density at radius 3 is 2.41 bits per heavy atom. The summed E-state index contributed by atoms with van der Waals surface area (Å²) in [6.07, 6.45) is 0. The Morgan fingerprint density at radius 1 is 1.35 bits per heavy atom. The second kappa shape index (κ2) is 5.76. The third-order valence-corrected chi connectivity index (χ3v) is 3.54. The van der Waals surface area contributed by atoms with Gasteiger partial charge in [-0.2, -0.15) is 4.72 Å².